The van der Waals surface area contributed by atoms with Gasteiger partial charge in [0.05, 0.1) is 0 Å². The molecular weight excluding hydrogens is 240 g/mol. The lowest BCUT2D eigenvalue weighted by Crippen LogP contribution is -2.27. The summed E-state index contributed by atoms with van der Waals surface area (Å²) in [5, 5.41) is 9.48. The zero-order chi connectivity index (χ0) is 12.2. The molecule has 1 atom stereocenters. The number of rotatable bonds is 7. The summed E-state index contributed by atoms with van der Waals surface area (Å²) in [6.45, 7) is 3.52. The van der Waals surface area contributed by atoms with E-state index < -0.39 is 0 Å². The maximum atomic E-state index is 3.64. The molecule has 1 heterocycles. The van der Waals surface area contributed by atoms with Crippen molar-refractivity contribution in [1.82, 2.24) is 10.6 Å². The standard InChI is InChI=1S/C15H24N2S/c1-3-12(14-7-10-18-15(14)4-1)11-16-8-2-9-17-13-5-6-13/h7,10,12-13,16-17H,1-6,8-9,11H2. The van der Waals surface area contributed by atoms with Gasteiger partial charge in [-0.1, -0.05) is 0 Å². The minimum Gasteiger partial charge on any atom is -0.316 e. The third-order valence-corrected chi connectivity index (χ3v) is 5.10. The molecule has 0 radical (unpaired) electrons. The first-order chi connectivity index (χ1) is 8.93. The summed E-state index contributed by atoms with van der Waals surface area (Å²) in [6, 6.07) is 3.21. The third kappa shape index (κ3) is 3.34. The van der Waals surface area contributed by atoms with Crippen LogP contribution in [0.5, 0.6) is 0 Å². The molecular formula is C15H24N2S. The van der Waals surface area contributed by atoms with Crippen molar-refractivity contribution >= 4 is 11.3 Å². The quantitative estimate of drug-likeness (QED) is 0.740. The minimum absolute atomic E-state index is 0.774. The predicted octanol–water partition coefficient (Wildman–Crippen LogP) is 2.90. The zero-order valence-electron chi connectivity index (χ0n) is 11.1. The van der Waals surface area contributed by atoms with Gasteiger partial charge in [0.1, 0.15) is 0 Å². The van der Waals surface area contributed by atoms with Crippen LogP contribution in [0.25, 0.3) is 0 Å². The third-order valence-electron chi connectivity index (χ3n) is 4.11. The van der Waals surface area contributed by atoms with Gasteiger partial charge in [-0.15, -0.1) is 11.3 Å². The Bertz CT molecular complexity index is 370. The number of hydrogen-bond donors (Lipinski definition) is 2. The van der Waals surface area contributed by atoms with E-state index in [1.54, 1.807) is 10.4 Å². The predicted molar refractivity (Wildman–Crippen MR) is 78.5 cm³/mol. The monoisotopic (exact) mass is 264 g/mol. The van der Waals surface area contributed by atoms with E-state index in [2.05, 4.69) is 22.1 Å². The fraction of sp³-hybridized carbons (Fsp3) is 0.733. The molecule has 0 bridgehead atoms. The van der Waals surface area contributed by atoms with Crippen LogP contribution in [0.3, 0.4) is 0 Å². The molecule has 2 aliphatic rings. The first kappa shape index (κ1) is 12.6. The second-order valence-electron chi connectivity index (χ2n) is 5.67. The highest BCUT2D eigenvalue weighted by Crippen LogP contribution is 2.34. The number of nitrogens with one attached hydrogen (secondary N) is 2. The van der Waals surface area contributed by atoms with Crippen LogP contribution in [-0.2, 0) is 6.42 Å². The summed E-state index contributed by atoms with van der Waals surface area (Å²) >= 11 is 1.95. The molecule has 1 aromatic rings. The lowest BCUT2D eigenvalue weighted by Gasteiger charge is -2.23. The van der Waals surface area contributed by atoms with Crippen LogP contribution in [-0.4, -0.2) is 25.7 Å². The maximum absolute atomic E-state index is 3.64. The van der Waals surface area contributed by atoms with Crippen LogP contribution in [0.1, 0.15) is 48.5 Å². The van der Waals surface area contributed by atoms with Gasteiger partial charge in [0.25, 0.3) is 0 Å². The fourth-order valence-corrected chi connectivity index (χ4v) is 3.89. The number of fused-ring (bicyclic) bond motifs is 1. The van der Waals surface area contributed by atoms with Crippen molar-refractivity contribution in [3.8, 4) is 0 Å². The molecule has 18 heavy (non-hydrogen) atoms. The van der Waals surface area contributed by atoms with Crippen molar-refractivity contribution in [2.75, 3.05) is 19.6 Å². The molecule has 100 valence electrons. The fourth-order valence-electron chi connectivity index (χ4n) is 2.88. The van der Waals surface area contributed by atoms with E-state index in [0.717, 1.165) is 18.5 Å². The van der Waals surface area contributed by atoms with Gasteiger partial charge in [-0.25, -0.2) is 0 Å². The first-order valence-corrected chi connectivity index (χ1v) is 8.32. The summed E-state index contributed by atoms with van der Waals surface area (Å²) < 4.78 is 0. The number of aryl methyl sites for hydroxylation is 1. The molecule has 0 amide bonds. The smallest absolute Gasteiger partial charge is 0.00805 e. The molecule has 1 unspecified atom stereocenters. The number of hydrogen-bond acceptors (Lipinski definition) is 3. The highest BCUT2D eigenvalue weighted by molar-refractivity contribution is 7.10. The normalized spacial score (nSPS) is 23.0. The molecule has 0 aliphatic heterocycles. The highest BCUT2D eigenvalue weighted by Gasteiger charge is 2.21. The van der Waals surface area contributed by atoms with Gasteiger partial charge in [0, 0.05) is 17.5 Å². The minimum atomic E-state index is 0.774. The molecule has 3 heteroatoms. The van der Waals surface area contributed by atoms with Crippen LogP contribution in [0.4, 0.5) is 0 Å². The maximum Gasteiger partial charge on any atom is 0.00805 e. The van der Waals surface area contributed by atoms with Gasteiger partial charge < -0.3 is 10.6 Å². The van der Waals surface area contributed by atoms with Gasteiger partial charge in [-0.3, -0.25) is 0 Å². The molecule has 1 aromatic heterocycles. The Kier molecular flexibility index (Phi) is 4.34. The summed E-state index contributed by atoms with van der Waals surface area (Å²) in [4.78, 5) is 1.64. The van der Waals surface area contributed by atoms with Crippen molar-refractivity contribution in [2.24, 2.45) is 0 Å². The van der Waals surface area contributed by atoms with Crippen LogP contribution < -0.4 is 10.6 Å². The van der Waals surface area contributed by atoms with E-state index in [0.29, 0.717) is 0 Å². The average molecular weight is 264 g/mol. The summed E-state index contributed by atoms with van der Waals surface area (Å²) in [6.07, 6.45) is 8.13. The van der Waals surface area contributed by atoms with Crippen molar-refractivity contribution < 1.29 is 0 Å². The second kappa shape index (κ2) is 6.18. The Morgan fingerprint density at radius 3 is 3.06 bits per heavy atom. The van der Waals surface area contributed by atoms with Crippen LogP contribution >= 0.6 is 11.3 Å². The van der Waals surface area contributed by atoms with E-state index in [4.69, 9.17) is 0 Å². The van der Waals surface area contributed by atoms with Gasteiger partial charge in [-0.2, -0.15) is 0 Å². The first-order valence-electron chi connectivity index (χ1n) is 7.44. The van der Waals surface area contributed by atoms with Crippen molar-refractivity contribution in [3.63, 3.8) is 0 Å². The molecule has 0 spiro atoms. The Morgan fingerprint density at radius 2 is 2.17 bits per heavy atom. The second-order valence-corrected chi connectivity index (χ2v) is 6.68. The molecule has 2 N–H and O–H groups in total. The molecule has 1 fully saturated rings. The average Bonchev–Trinajstić information content (AvgIpc) is 3.08. The summed E-state index contributed by atoms with van der Waals surface area (Å²) in [5.41, 5.74) is 1.63. The van der Waals surface area contributed by atoms with Gasteiger partial charge in [0.2, 0.25) is 0 Å². The molecule has 2 aliphatic carbocycles. The Hall–Kier alpha value is -0.380. The Labute approximate surface area is 114 Å². The summed E-state index contributed by atoms with van der Waals surface area (Å²) in [7, 11) is 0. The van der Waals surface area contributed by atoms with Gasteiger partial charge >= 0.3 is 0 Å². The Balaban J connectivity index is 1.33. The molecule has 0 saturated heterocycles. The number of thiophene rings is 1. The zero-order valence-corrected chi connectivity index (χ0v) is 11.9. The van der Waals surface area contributed by atoms with Crippen molar-refractivity contribution in [1.29, 1.82) is 0 Å². The SMILES string of the molecule is c1cc2c(s1)CCCC2CNCCCNC1CC1. The lowest BCUT2D eigenvalue weighted by molar-refractivity contribution is 0.501. The van der Waals surface area contributed by atoms with Crippen LogP contribution in [0, 0.1) is 0 Å². The molecule has 3 rings (SSSR count). The van der Waals surface area contributed by atoms with E-state index >= 15 is 0 Å². The van der Waals surface area contributed by atoms with Crippen LogP contribution in [0.2, 0.25) is 0 Å². The van der Waals surface area contributed by atoms with E-state index in [1.165, 1.54) is 51.6 Å². The van der Waals surface area contributed by atoms with Crippen molar-refractivity contribution in [2.45, 2.75) is 50.5 Å². The lowest BCUT2D eigenvalue weighted by atomic mass is 9.88. The summed E-state index contributed by atoms with van der Waals surface area (Å²) in [5.74, 6) is 0.774. The largest absolute Gasteiger partial charge is 0.316 e. The van der Waals surface area contributed by atoms with Crippen molar-refractivity contribution in [3.05, 3.63) is 21.9 Å². The molecule has 2 nitrogen and oxygen atoms in total. The van der Waals surface area contributed by atoms with Gasteiger partial charge in [0.15, 0.2) is 0 Å². The van der Waals surface area contributed by atoms with Gasteiger partial charge in [-0.05, 0) is 74.5 Å². The molecule has 1 saturated carbocycles. The molecule has 0 aromatic carbocycles. The van der Waals surface area contributed by atoms with E-state index in [9.17, 15) is 0 Å². The van der Waals surface area contributed by atoms with Crippen LogP contribution in [0.15, 0.2) is 11.4 Å². The van der Waals surface area contributed by atoms with E-state index in [-0.39, 0.29) is 0 Å². The Morgan fingerprint density at radius 1 is 1.22 bits per heavy atom. The van der Waals surface area contributed by atoms with E-state index in [1.807, 2.05) is 11.3 Å². The topological polar surface area (TPSA) is 24.1 Å². The highest BCUT2D eigenvalue weighted by atomic mass is 32.1.